The fourth-order valence-electron chi connectivity index (χ4n) is 2.15. The highest BCUT2D eigenvalue weighted by Gasteiger charge is 2.20. The monoisotopic (exact) mass is 353 g/mol. The number of para-hydroxylation sites is 1. The maximum atomic E-state index is 13.9. The van der Waals surface area contributed by atoms with Crippen LogP contribution in [0.25, 0.3) is 11.0 Å². The van der Waals surface area contributed by atoms with Crippen LogP contribution in [0, 0.1) is 5.82 Å². The van der Waals surface area contributed by atoms with Crippen LogP contribution in [-0.4, -0.2) is 0 Å². The van der Waals surface area contributed by atoms with Crippen molar-refractivity contribution in [3.63, 3.8) is 0 Å². The van der Waals surface area contributed by atoms with Gasteiger partial charge in [-0.3, -0.25) is 0 Å². The summed E-state index contributed by atoms with van der Waals surface area (Å²) in [6.07, 6.45) is 0. The van der Waals surface area contributed by atoms with Crippen molar-refractivity contribution in [3.05, 3.63) is 69.1 Å². The van der Waals surface area contributed by atoms with Crippen molar-refractivity contribution in [1.82, 2.24) is 0 Å². The highest BCUT2D eigenvalue weighted by molar-refractivity contribution is 9.10. The molecule has 0 amide bonds. The fourth-order valence-corrected chi connectivity index (χ4v) is 2.96. The normalized spacial score (nSPS) is 12.8. The summed E-state index contributed by atoms with van der Waals surface area (Å²) in [6.45, 7) is 0. The molecule has 0 bridgehead atoms. The van der Waals surface area contributed by atoms with E-state index in [9.17, 15) is 4.39 Å². The van der Waals surface area contributed by atoms with Gasteiger partial charge in [-0.2, -0.15) is 0 Å². The number of hydrogen-bond donors (Lipinski definition) is 1. The van der Waals surface area contributed by atoms with Crippen LogP contribution < -0.4 is 5.73 Å². The summed E-state index contributed by atoms with van der Waals surface area (Å²) >= 11 is 9.38. The Hall–Kier alpha value is -1.36. The Labute approximate surface area is 128 Å². The van der Waals surface area contributed by atoms with Gasteiger partial charge < -0.3 is 10.2 Å². The number of benzene rings is 2. The van der Waals surface area contributed by atoms with E-state index in [-0.39, 0.29) is 5.82 Å². The van der Waals surface area contributed by atoms with E-state index >= 15 is 0 Å². The van der Waals surface area contributed by atoms with Gasteiger partial charge in [-0.25, -0.2) is 4.39 Å². The van der Waals surface area contributed by atoms with Gasteiger partial charge in [-0.1, -0.05) is 45.7 Å². The fraction of sp³-hybridized carbons (Fsp3) is 0.0667. The average molecular weight is 355 g/mol. The number of rotatable bonds is 2. The Balaban J connectivity index is 2.13. The van der Waals surface area contributed by atoms with Crippen molar-refractivity contribution < 1.29 is 8.81 Å². The topological polar surface area (TPSA) is 39.2 Å². The third-order valence-corrected chi connectivity index (χ3v) is 4.12. The van der Waals surface area contributed by atoms with E-state index in [0.29, 0.717) is 26.4 Å². The molecule has 1 heterocycles. The lowest BCUT2D eigenvalue weighted by molar-refractivity contribution is 0.509. The Kier molecular flexibility index (Phi) is 3.54. The van der Waals surface area contributed by atoms with E-state index in [1.807, 2.05) is 12.1 Å². The Morgan fingerprint density at radius 2 is 1.95 bits per heavy atom. The summed E-state index contributed by atoms with van der Waals surface area (Å²) in [5.41, 5.74) is 7.05. The van der Waals surface area contributed by atoms with Gasteiger partial charge >= 0.3 is 0 Å². The first-order chi connectivity index (χ1) is 9.58. The lowest BCUT2D eigenvalue weighted by Crippen LogP contribution is -2.13. The largest absolute Gasteiger partial charge is 0.457 e. The van der Waals surface area contributed by atoms with E-state index in [2.05, 4.69) is 15.9 Å². The van der Waals surface area contributed by atoms with Crippen LogP contribution >= 0.6 is 27.5 Å². The summed E-state index contributed by atoms with van der Waals surface area (Å²) < 4.78 is 20.2. The first kappa shape index (κ1) is 13.6. The number of nitrogens with two attached hydrogens (primary N) is 1. The zero-order chi connectivity index (χ0) is 14.3. The van der Waals surface area contributed by atoms with Crippen molar-refractivity contribution in [2.24, 2.45) is 5.73 Å². The molecule has 0 aliphatic carbocycles. The number of fused-ring (bicyclic) bond motifs is 1. The maximum absolute atomic E-state index is 13.9. The van der Waals surface area contributed by atoms with E-state index in [1.165, 1.54) is 6.07 Å². The highest BCUT2D eigenvalue weighted by Crippen LogP contribution is 2.34. The molecular weight excluding hydrogens is 345 g/mol. The molecule has 0 aliphatic rings. The molecule has 0 fully saturated rings. The smallest absolute Gasteiger partial charge is 0.152 e. The molecule has 2 N–H and O–H groups in total. The zero-order valence-electron chi connectivity index (χ0n) is 10.2. The first-order valence-electron chi connectivity index (χ1n) is 5.95. The molecule has 3 rings (SSSR count). The lowest BCUT2D eigenvalue weighted by Gasteiger charge is -2.12. The predicted molar refractivity (Wildman–Crippen MR) is 81.4 cm³/mol. The zero-order valence-corrected chi connectivity index (χ0v) is 12.6. The van der Waals surface area contributed by atoms with Crippen molar-refractivity contribution in [3.8, 4) is 0 Å². The van der Waals surface area contributed by atoms with Gasteiger partial charge in [0.2, 0.25) is 0 Å². The minimum absolute atomic E-state index is 0.364. The molecule has 0 radical (unpaired) electrons. The standard InChI is InChI=1S/C15H10BrClFNO/c16-9-4-2-6-11(18)13(9)14(19)12-7-8-3-1-5-10(17)15(8)20-12/h1-7,14H,19H2. The van der Waals surface area contributed by atoms with E-state index in [4.69, 9.17) is 21.8 Å². The van der Waals surface area contributed by atoms with Gasteiger partial charge in [-0.05, 0) is 24.3 Å². The first-order valence-corrected chi connectivity index (χ1v) is 7.12. The predicted octanol–water partition coefficient (Wildman–Crippen LogP) is 5.04. The molecule has 2 nitrogen and oxygen atoms in total. The molecule has 20 heavy (non-hydrogen) atoms. The number of furan rings is 1. The van der Waals surface area contributed by atoms with E-state index < -0.39 is 6.04 Å². The average Bonchev–Trinajstić information content (AvgIpc) is 2.84. The Morgan fingerprint density at radius 3 is 2.65 bits per heavy atom. The van der Waals surface area contributed by atoms with Crippen LogP contribution in [0.1, 0.15) is 17.4 Å². The number of hydrogen-bond acceptors (Lipinski definition) is 2. The quantitative estimate of drug-likeness (QED) is 0.700. The molecule has 3 aromatic rings. The summed E-state index contributed by atoms with van der Waals surface area (Å²) in [7, 11) is 0. The van der Waals surface area contributed by atoms with Crippen molar-refractivity contribution in [2.45, 2.75) is 6.04 Å². The third kappa shape index (κ3) is 2.24. The minimum atomic E-state index is -0.700. The van der Waals surface area contributed by atoms with Crippen molar-refractivity contribution >= 4 is 38.5 Å². The summed E-state index contributed by atoms with van der Waals surface area (Å²) in [5.74, 6) is 0.0947. The second kappa shape index (κ2) is 5.20. The highest BCUT2D eigenvalue weighted by atomic mass is 79.9. The van der Waals surface area contributed by atoms with Gasteiger partial charge in [0.05, 0.1) is 11.1 Å². The van der Waals surface area contributed by atoms with Gasteiger partial charge in [0.15, 0.2) is 5.58 Å². The van der Waals surface area contributed by atoms with Crippen LogP contribution in [0.3, 0.4) is 0 Å². The Bertz CT molecular complexity index is 766. The summed E-state index contributed by atoms with van der Waals surface area (Å²) in [4.78, 5) is 0. The second-order valence-electron chi connectivity index (χ2n) is 4.42. The van der Waals surface area contributed by atoms with Gasteiger partial charge in [0.25, 0.3) is 0 Å². The molecule has 2 aromatic carbocycles. The molecule has 1 unspecified atom stereocenters. The number of halogens is 3. The van der Waals surface area contributed by atoms with Crippen LogP contribution in [0.15, 0.2) is 51.4 Å². The molecule has 1 aromatic heterocycles. The van der Waals surface area contributed by atoms with Crippen LogP contribution in [0.2, 0.25) is 5.02 Å². The molecule has 0 aliphatic heterocycles. The van der Waals surface area contributed by atoms with Crippen molar-refractivity contribution in [2.75, 3.05) is 0 Å². The molecule has 1 atom stereocenters. The van der Waals surface area contributed by atoms with Crippen LogP contribution in [-0.2, 0) is 0 Å². The van der Waals surface area contributed by atoms with E-state index in [1.54, 1.807) is 24.3 Å². The van der Waals surface area contributed by atoms with Crippen molar-refractivity contribution in [1.29, 1.82) is 0 Å². The molecule has 0 saturated carbocycles. The molecule has 0 spiro atoms. The maximum Gasteiger partial charge on any atom is 0.152 e. The summed E-state index contributed by atoms with van der Waals surface area (Å²) in [5, 5.41) is 1.35. The van der Waals surface area contributed by atoms with Crippen LogP contribution in [0.5, 0.6) is 0 Å². The third-order valence-electron chi connectivity index (χ3n) is 3.13. The molecule has 0 saturated heterocycles. The van der Waals surface area contributed by atoms with E-state index in [0.717, 1.165) is 5.39 Å². The van der Waals surface area contributed by atoms with Gasteiger partial charge in [0.1, 0.15) is 11.6 Å². The minimum Gasteiger partial charge on any atom is -0.457 e. The van der Waals surface area contributed by atoms with Gasteiger partial charge in [0, 0.05) is 15.4 Å². The molecular formula is C15H10BrClFNO. The lowest BCUT2D eigenvalue weighted by atomic mass is 10.0. The molecule has 5 heteroatoms. The summed E-state index contributed by atoms with van der Waals surface area (Å²) in [6, 6.07) is 11.3. The van der Waals surface area contributed by atoms with Crippen LogP contribution in [0.4, 0.5) is 4.39 Å². The SMILES string of the molecule is NC(c1cc2cccc(Cl)c2o1)c1c(F)cccc1Br. The Morgan fingerprint density at radius 1 is 1.20 bits per heavy atom. The molecule has 102 valence electrons. The second-order valence-corrected chi connectivity index (χ2v) is 5.68. The van der Waals surface area contributed by atoms with Gasteiger partial charge in [-0.15, -0.1) is 0 Å².